The number of para-hydroxylation sites is 1. The number of halogens is 2. The SMILES string of the molecule is CC(C)OC(=O)[C@H](C)NP(=O)(OC[C@H]1O[C@@H](n2ccc(=O)[nH]c2=O)[C@@](F)(C#CCF)[C@H]1O)Oc1ccccc1. The van der Waals surface area contributed by atoms with Gasteiger partial charge in [0.2, 0.25) is 5.67 Å². The molecule has 2 aromatic rings. The van der Waals surface area contributed by atoms with Crippen molar-refractivity contribution in [1.29, 1.82) is 0 Å². The Bertz CT molecular complexity index is 1370. The van der Waals surface area contributed by atoms with Gasteiger partial charge in [0, 0.05) is 12.3 Å². The van der Waals surface area contributed by atoms with Crippen molar-refractivity contribution in [2.24, 2.45) is 0 Å². The van der Waals surface area contributed by atoms with Gasteiger partial charge >= 0.3 is 19.4 Å². The number of H-pyrrole nitrogens is 1. The van der Waals surface area contributed by atoms with Crippen molar-refractivity contribution in [1.82, 2.24) is 14.6 Å². The number of carbonyl (C=O) groups excluding carboxylic acids is 1. The number of aliphatic hydroxyl groups is 1. The van der Waals surface area contributed by atoms with Crippen LogP contribution in [0.25, 0.3) is 0 Å². The summed E-state index contributed by atoms with van der Waals surface area (Å²) in [4.78, 5) is 38.0. The fraction of sp³-hybridized carbons (Fsp3) is 0.458. The first-order chi connectivity index (χ1) is 18.4. The monoisotopic (exact) mass is 571 g/mol. The second-order valence-corrected chi connectivity index (χ2v) is 10.4. The molecule has 0 spiro atoms. The van der Waals surface area contributed by atoms with E-state index in [0.29, 0.717) is 4.57 Å². The van der Waals surface area contributed by atoms with Gasteiger partial charge in [-0.15, -0.1) is 0 Å². The Kier molecular flexibility index (Phi) is 9.82. The molecule has 1 aliphatic rings. The minimum absolute atomic E-state index is 0.0944. The second kappa shape index (κ2) is 12.7. The first-order valence-electron chi connectivity index (χ1n) is 11.8. The Labute approximate surface area is 221 Å². The van der Waals surface area contributed by atoms with Crippen molar-refractivity contribution >= 4 is 13.7 Å². The number of aromatic amines is 1. The largest absolute Gasteiger partial charge is 0.462 e. The average Bonchev–Trinajstić information content (AvgIpc) is 3.11. The zero-order valence-electron chi connectivity index (χ0n) is 21.2. The molecule has 12 nitrogen and oxygen atoms in total. The van der Waals surface area contributed by atoms with Crippen LogP contribution in [0.2, 0.25) is 0 Å². The smallest absolute Gasteiger partial charge is 0.459 e. The number of carbonyl (C=O) groups is 1. The highest BCUT2D eigenvalue weighted by atomic mass is 31.2. The van der Waals surface area contributed by atoms with Gasteiger partial charge in [0.25, 0.3) is 5.56 Å². The van der Waals surface area contributed by atoms with Crippen molar-refractivity contribution in [2.45, 2.75) is 57.0 Å². The number of alkyl halides is 2. The maximum Gasteiger partial charge on any atom is 0.459 e. The molecule has 1 aliphatic heterocycles. The van der Waals surface area contributed by atoms with E-state index in [2.05, 4.69) is 5.09 Å². The van der Waals surface area contributed by atoms with Crippen LogP contribution in [0.3, 0.4) is 0 Å². The molecule has 0 amide bonds. The Morgan fingerprint density at radius 3 is 2.59 bits per heavy atom. The van der Waals surface area contributed by atoms with Crippen molar-refractivity contribution in [2.75, 3.05) is 13.3 Å². The molecular weight excluding hydrogens is 543 g/mol. The van der Waals surface area contributed by atoms with Crippen LogP contribution in [-0.4, -0.2) is 63.9 Å². The molecule has 0 radical (unpaired) electrons. The van der Waals surface area contributed by atoms with Gasteiger partial charge < -0.3 is 19.1 Å². The van der Waals surface area contributed by atoms with Crippen LogP contribution in [0.15, 0.2) is 52.2 Å². The molecule has 0 aliphatic carbocycles. The highest BCUT2D eigenvalue weighted by Gasteiger charge is 2.58. The minimum atomic E-state index is -4.42. The number of nitrogens with one attached hydrogen (secondary N) is 2. The predicted octanol–water partition coefficient (Wildman–Crippen LogP) is 1.61. The van der Waals surface area contributed by atoms with Crippen LogP contribution in [0.5, 0.6) is 5.75 Å². The van der Waals surface area contributed by atoms with Crippen LogP contribution in [0, 0.1) is 11.8 Å². The Morgan fingerprint density at radius 2 is 1.97 bits per heavy atom. The van der Waals surface area contributed by atoms with E-state index >= 15 is 4.39 Å². The number of rotatable bonds is 10. The van der Waals surface area contributed by atoms with Crippen LogP contribution >= 0.6 is 7.75 Å². The molecule has 3 rings (SSSR count). The third-order valence-corrected chi connectivity index (χ3v) is 6.97. The minimum Gasteiger partial charge on any atom is -0.462 e. The standard InChI is InChI=1S/C24H28F2N3O9P/c1-15(2)36-21(32)16(3)28-39(34,38-17-8-5-4-6-9-17)35-14-18-20(31)24(26,11-7-12-25)22(37-18)29-13-10-19(30)27-23(29)33/h4-6,8-10,13,15-16,18,20,22,31H,12,14H2,1-3H3,(H,28,34)(H,27,30,33)/t16-,18+,20-,22+,24+,39?/m0/s1. The summed E-state index contributed by atoms with van der Waals surface area (Å²) >= 11 is 0. The number of aliphatic hydroxyl groups excluding tert-OH is 1. The van der Waals surface area contributed by atoms with Gasteiger partial charge in [-0.1, -0.05) is 30.0 Å². The maximum atomic E-state index is 16.0. The lowest BCUT2D eigenvalue weighted by Crippen LogP contribution is -2.45. The van der Waals surface area contributed by atoms with Crippen LogP contribution in [-0.2, 0) is 23.4 Å². The van der Waals surface area contributed by atoms with Crippen LogP contribution in [0.1, 0.15) is 27.0 Å². The Balaban J connectivity index is 1.88. The van der Waals surface area contributed by atoms with E-state index in [9.17, 15) is 28.4 Å². The predicted molar refractivity (Wildman–Crippen MR) is 133 cm³/mol. The molecule has 0 saturated carbocycles. The summed E-state index contributed by atoms with van der Waals surface area (Å²) in [6, 6.07) is 7.52. The summed E-state index contributed by atoms with van der Waals surface area (Å²) in [7, 11) is -4.42. The number of nitrogens with zero attached hydrogens (tertiary/aromatic N) is 1. The Hall–Kier alpha value is -3.34. The molecule has 0 bridgehead atoms. The van der Waals surface area contributed by atoms with E-state index in [1.807, 2.05) is 16.8 Å². The van der Waals surface area contributed by atoms with Crippen molar-refractivity contribution in [3.05, 3.63) is 63.4 Å². The number of hydrogen-bond acceptors (Lipinski definition) is 9. The third-order valence-electron chi connectivity index (χ3n) is 5.33. The lowest BCUT2D eigenvalue weighted by Gasteiger charge is -2.25. The lowest BCUT2D eigenvalue weighted by molar-refractivity contribution is -0.149. The summed E-state index contributed by atoms with van der Waals surface area (Å²) < 4.78 is 64.6. The zero-order chi connectivity index (χ0) is 28.8. The molecule has 39 heavy (non-hydrogen) atoms. The van der Waals surface area contributed by atoms with Crippen LogP contribution in [0.4, 0.5) is 8.78 Å². The van der Waals surface area contributed by atoms with E-state index in [0.717, 1.165) is 12.3 Å². The first-order valence-corrected chi connectivity index (χ1v) is 13.3. The van der Waals surface area contributed by atoms with Crippen molar-refractivity contribution in [3.8, 4) is 17.6 Å². The molecule has 15 heteroatoms. The molecule has 2 heterocycles. The van der Waals surface area contributed by atoms with Gasteiger partial charge in [-0.25, -0.2) is 18.1 Å². The average molecular weight is 571 g/mol. The lowest BCUT2D eigenvalue weighted by atomic mass is 9.96. The quantitative estimate of drug-likeness (QED) is 0.217. The number of esters is 1. The van der Waals surface area contributed by atoms with Gasteiger partial charge in [0.1, 0.15) is 30.7 Å². The van der Waals surface area contributed by atoms with E-state index in [1.54, 1.807) is 32.0 Å². The molecule has 1 aromatic carbocycles. The van der Waals surface area contributed by atoms with E-state index in [-0.39, 0.29) is 5.75 Å². The zero-order valence-corrected chi connectivity index (χ0v) is 22.1. The second-order valence-electron chi connectivity index (χ2n) is 8.73. The normalized spacial score (nSPS) is 24.8. The van der Waals surface area contributed by atoms with Crippen LogP contribution < -0.4 is 20.9 Å². The number of hydrogen-bond donors (Lipinski definition) is 3. The first kappa shape index (κ1) is 30.2. The number of aromatic nitrogens is 2. The number of ether oxygens (including phenoxy) is 2. The van der Waals surface area contributed by atoms with Crippen molar-refractivity contribution in [3.63, 3.8) is 0 Å². The van der Waals surface area contributed by atoms with E-state index < -0.39 is 74.5 Å². The summed E-state index contributed by atoms with van der Waals surface area (Å²) in [5.74, 6) is 3.13. The molecule has 6 atom stereocenters. The number of benzene rings is 1. The fourth-order valence-corrected chi connectivity index (χ4v) is 5.08. The molecule has 1 saturated heterocycles. The highest BCUT2D eigenvalue weighted by Crippen LogP contribution is 2.47. The van der Waals surface area contributed by atoms with Gasteiger partial charge in [-0.3, -0.25) is 23.7 Å². The third kappa shape index (κ3) is 7.40. The molecule has 3 N–H and O–H groups in total. The fourth-order valence-electron chi connectivity index (χ4n) is 3.58. The summed E-state index contributed by atoms with van der Waals surface area (Å²) in [5.41, 5.74) is -4.89. The molecule has 1 unspecified atom stereocenters. The van der Waals surface area contributed by atoms with E-state index in [1.165, 1.54) is 19.1 Å². The molecular formula is C24H28F2N3O9P. The van der Waals surface area contributed by atoms with Gasteiger partial charge in [-0.2, -0.15) is 5.09 Å². The van der Waals surface area contributed by atoms with Gasteiger partial charge in [0.05, 0.1) is 12.7 Å². The van der Waals surface area contributed by atoms with Gasteiger partial charge in [0.15, 0.2) is 6.23 Å². The molecule has 1 fully saturated rings. The highest BCUT2D eigenvalue weighted by molar-refractivity contribution is 7.52. The summed E-state index contributed by atoms with van der Waals surface area (Å²) in [5, 5.41) is 13.2. The maximum absolute atomic E-state index is 16.0. The summed E-state index contributed by atoms with van der Waals surface area (Å²) in [6.07, 6.45) is -5.23. The van der Waals surface area contributed by atoms with Crippen molar-refractivity contribution < 1.29 is 41.8 Å². The van der Waals surface area contributed by atoms with E-state index in [4.69, 9.17) is 18.5 Å². The topological polar surface area (TPSA) is 158 Å². The molecule has 1 aromatic heterocycles. The Morgan fingerprint density at radius 1 is 1.28 bits per heavy atom. The molecule has 212 valence electrons. The van der Waals surface area contributed by atoms with Gasteiger partial charge in [-0.05, 0) is 32.9 Å². The summed E-state index contributed by atoms with van der Waals surface area (Å²) in [6.45, 7) is 2.55.